The van der Waals surface area contributed by atoms with E-state index in [1.54, 1.807) is 0 Å². The highest BCUT2D eigenvalue weighted by atomic mass is 15.2. The fourth-order valence-electron chi connectivity index (χ4n) is 1.33. The topological polar surface area (TPSA) is 80.0 Å². The fourth-order valence-corrected chi connectivity index (χ4v) is 1.33. The van der Waals surface area contributed by atoms with Crippen molar-refractivity contribution in [2.75, 3.05) is 39.8 Å². The second-order valence-corrected chi connectivity index (χ2v) is 4.15. The van der Waals surface area contributed by atoms with Gasteiger partial charge in [0.25, 0.3) is 0 Å². The van der Waals surface area contributed by atoms with Gasteiger partial charge in [-0.05, 0) is 26.7 Å². The van der Waals surface area contributed by atoms with Crippen LogP contribution in [0.4, 0.5) is 0 Å². The molecular weight excluding hydrogens is 214 g/mol. The van der Waals surface area contributed by atoms with E-state index in [2.05, 4.69) is 28.9 Å². The van der Waals surface area contributed by atoms with E-state index in [1.807, 2.05) is 6.92 Å². The van der Waals surface area contributed by atoms with E-state index in [1.165, 1.54) is 24.4 Å². The minimum Gasteiger partial charge on any atom is -0.362 e. The predicted octanol–water partition coefficient (Wildman–Crippen LogP) is 0.495. The Hall–Kier alpha value is -0.940. The molecule has 100 valence electrons. The number of aliphatic imine (C=N–C) groups is 2. The van der Waals surface area contributed by atoms with Gasteiger partial charge in [-0.3, -0.25) is 9.98 Å². The SMILES string of the molecule is CC1=NCCC1.CC1=NCCN1C.NCCN. The number of nitrogens with two attached hydrogens (primary N) is 2. The minimum atomic E-state index is 0.597. The van der Waals surface area contributed by atoms with E-state index in [0.717, 1.165) is 19.6 Å². The zero-order chi connectivity index (χ0) is 13.1. The van der Waals surface area contributed by atoms with Crippen LogP contribution in [0.5, 0.6) is 0 Å². The van der Waals surface area contributed by atoms with Crippen molar-refractivity contribution in [3.63, 3.8) is 0 Å². The van der Waals surface area contributed by atoms with Crippen LogP contribution in [0, 0.1) is 0 Å². The lowest BCUT2D eigenvalue weighted by atomic mass is 10.3. The summed E-state index contributed by atoms with van der Waals surface area (Å²) in [6.45, 7) is 8.49. The van der Waals surface area contributed by atoms with Crippen LogP contribution >= 0.6 is 0 Å². The Morgan fingerprint density at radius 2 is 1.76 bits per heavy atom. The van der Waals surface area contributed by atoms with E-state index < -0.39 is 0 Å². The summed E-state index contributed by atoms with van der Waals surface area (Å²) >= 11 is 0. The summed E-state index contributed by atoms with van der Waals surface area (Å²) in [5, 5.41) is 0. The fraction of sp³-hybridized carbons (Fsp3) is 0.833. The van der Waals surface area contributed by atoms with Gasteiger partial charge in [0.15, 0.2) is 0 Å². The Labute approximate surface area is 105 Å². The standard InChI is InChI=1S/C5H10N2.C5H9N.C2H8N2/c1-5-6-3-4-7(5)2;1-5-3-2-4-6-5;3-1-2-4/h3-4H2,1-2H3;2-4H2,1H3;1-4H2. The number of hydrogen-bond acceptors (Lipinski definition) is 5. The van der Waals surface area contributed by atoms with Crippen molar-refractivity contribution < 1.29 is 0 Å². The van der Waals surface area contributed by atoms with Crippen molar-refractivity contribution in [2.45, 2.75) is 26.7 Å². The van der Waals surface area contributed by atoms with Gasteiger partial charge in [-0.1, -0.05) is 0 Å². The molecule has 5 nitrogen and oxygen atoms in total. The number of amidine groups is 1. The molecule has 0 aromatic rings. The average molecular weight is 241 g/mol. The molecule has 0 fully saturated rings. The van der Waals surface area contributed by atoms with Gasteiger partial charge in [0.05, 0.1) is 12.4 Å². The predicted molar refractivity (Wildman–Crippen MR) is 75.9 cm³/mol. The van der Waals surface area contributed by atoms with E-state index in [-0.39, 0.29) is 0 Å². The third-order valence-corrected chi connectivity index (χ3v) is 2.57. The molecule has 0 saturated heterocycles. The first-order chi connectivity index (χ1) is 8.11. The van der Waals surface area contributed by atoms with E-state index in [4.69, 9.17) is 11.5 Å². The number of rotatable bonds is 1. The van der Waals surface area contributed by atoms with Crippen LogP contribution in [-0.4, -0.2) is 56.2 Å². The quantitative estimate of drug-likeness (QED) is 0.701. The first kappa shape index (κ1) is 16.1. The molecule has 17 heavy (non-hydrogen) atoms. The molecule has 2 aliphatic heterocycles. The van der Waals surface area contributed by atoms with Crippen LogP contribution in [0.2, 0.25) is 0 Å². The maximum absolute atomic E-state index is 4.90. The molecule has 2 rings (SSSR count). The third kappa shape index (κ3) is 8.83. The van der Waals surface area contributed by atoms with Crippen LogP contribution in [0.15, 0.2) is 9.98 Å². The van der Waals surface area contributed by atoms with Crippen molar-refractivity contribution in [3.8, 4) is 0 Å². The Morgan fingerprint density at radius 3 is 1.88 bits per heavy atom. The normalized spacial score (nSPS) is 17.6. The molecule has 0 amide bonds. The maximum atomic E-state index is 4.90. The summed E-state index contributed by atoms with van der Waals surface area (Å²) < 4.78 is 0. The molecule has 0 bridgehead atoms. The molecule has 0 radical (unpaired) electrons. The Balaban J connectivity index is 0.000000236. The van der Waals surface area contributed by atoms with Gasteiger partial charge >= 0.3 is 0 Å². The van der Waals surface area contributed by atoms with Gasteiger partial charge in [0.1, 0.15) is 0 Å². The largest absolute Gasteiger partial charge is 0.362 e. The second kappa shape index (κ2) is 10.2. The zero-order valence-electron chi connectivity index (χ0n) is 11.4. The summed E-state index contributed by atoms with van der Waals surface area (Å²) in [6.07, 6.45) is 2.52. The van der Waals surface area contributed by atoms with Crippen molar-refractivity contribution in [2.24, 2.45) is 21.5 Å². The Morgan fingerprint density at radius 1 is 1.12 bits per heavy atom. The van der Waals surface area contributed by atoms with Crippen molar-refractivity contribution in [1.82, 2.24) is 4.90 Å². The molecule has 2 aliphatic rings. The van der Waals surface area contributed by atoms with E-state index in [0.29, 0.717) is 13.1 Å². The first-order valence-corrected chi connectivity index (χ1v) is 6.24. The lowest BCUT2D eigenvalue weighted by Gasteiger charge is -2.07. The molecule has 0 unspecified atom stereocenters. The molecular formula is C12H27N5. The second-order valence-electron chi connectivity index (χ2n) is 4.15. The van der Waals surface area contributed by atoms with Gasteiger partial charge in [-0.2, -0.15) is 0 Å². The van der Waals surface area contributed by atoms with Gasteiger partial charge in [0, 0.05) is 38.9 Å². The van der Waals surface area contributed by atoms with Crippen molar-refractivity contribution >= 4 is 11.5 Å². The van der Waals surface area contributed by atoms with Gasteiger partial charge < -0.3 is 16.4 Å². The molecule has 2 heterocycles. The summed E-state index contributed by atoms with van der Waals surface area (Å²) in [7, 11) is 2.06. The van der Waals surface area contributed by atoms with E-state index in [9.17, 15) is 0 Å². The number of likely N-dealkylation sites (N-methyl/N-ethyl adjacent to an activating group) is 1. The molecule has 5 heteroatoms. The zero-order valence-corrected chi connectivity index (χ0v) is 11.4. The average Bonchev–Trinajstić information content (AvgIpc) is 2.93. The smallest absolute Gasteiger partial charge is 0.0956 e. The molecule has 0 aliphatic carbocycles. The Bertz CT molecular complexity index is 245. The minimum absolute atomic E-state index is 0.597. The van der Waals surface area contributed by atoms with E-state index >= 15 is 0 Å². The lowest BCUT2D eigenvalue weighted by Crippen LogP contribution is -2.19. The third-order valence-electron chi connectivity index (χ3n) is 2.57. The van der Waals surface area contributed by atoms with Crippen molar-refractivity contribution in [1.29, 1.82) is 0 Å². The van der Waals surface area contributed by atoms with Crippen LogP contribution < -0.4 is 11.5 Å². The van der Waals surface area contributed by atoms with Gasteiger partial charge in [0.2, 0.25) is 0 Å². The molecule has 0 aromatic carbocycles. The summed E-state index contributed by atoms with van der Waals surface area (Å²) in [5.41, 5.74) is 11.1. The summed E-state index contributed by atoms with van der Waals surface area (Å²) in [4.78, 5) is 10.5. The molecule has 0 spiro atoms. The van der Waals surface area contributed by atoms with Crippen LogP contribution in [-0.2, 0) is 0 Å². The van der Waals surface area contributed by atoms with Crippen LogP contribution in [0.1, 0.15) is 26.7 Å². The molecule has 0 aromatic heterocycles. The monoisotopic (exact) mass is 241 g/mol. The lowest BCUT2D eigenvalue weighted by molar-refractivity contribution is 0.553. The summed E-state index contributed by atoms with van der Waals surface area (Å²) in [5.74, 6) is 1.17. The highest BCUT2D eigenvalue weighted by Crippen LogP contribution is 2.00. The van der Waals surface area contributed by atoms with Crippen molar-refractivity contribution in [3.05, 3.63) is 0 Å². The number of hydrogen-bond donors (Lipinski definition) is 2. The first-order valence-electron chi connectivity index (χ1n) is 6.24. The van der Waals surface area contributed by atoms with Gasteiger partial charge in [-0.15, -0.1) is 0 Å². The maximum Gasteiger partial charge on any atom is 0.0956 e. The highest BCUT2D eigenvalue weighted by molar-refractivity contribution is 5.83. The highest BCUT2D eigenvalue weighted by Gasteiger charge is 2.04. The Kier molecular flexibility index (Phi) is 9.66. The molecule has 4 N–H and O–H groups in total. The molecule has 0 atom stereocenters. The van der Waals surface area contributed by atoms with Crippen LogP contribution in [0.25, 0.3) is 0 Å². The number of nitrogens with zero attached hydrogens (tertiary/aromatic N) is 3. The summed E-state index contributed by atoms with van der Waals surface area (Å²) in [6, 6.07) is 0. The molecule has 0 saturated carbocycles. The van der Waals surface area contributed by atoms with Crippen LogP contribution in [0.3, 0.4) is 0 Å². The van der Waals surface area contributed by atoms with Gasteiger partial charge in [-0.25, -0.2) is 0 Å².